The van der Waals surface area contributed by atoms with Gasteiger partial charge in [0.1, 0.15) is 0 Å². The van der Waals surface area contributed by atoms with E-state index in [4.69, 9.17) is 5.73 Å². The fourth-order valence-corrected chi connectivity index (χ4v) is 4.03. The Morgan fingerprint density at radius 3 is 2.50 bits per heavy atom. The lowest BCUT2D eigenvalue weighted by Gasteiger charge is -2.23. The number of pyridine rings is 1. The van der Waals surface area contributed by atoms with E-state index >= 15 is 0 Å². The van der Waals surface area contributed by atoms with Crippen LogP contribution in [0.4, 0.5) is 24.7 Å². The molecule has 0 radical (unpaired) electrons. The van der Waals surface area contributed by atoms with E-state index in [1.807, 2.05) is 43.9 Å². The molecule has 212 valence electrons. The summed E-state index contributed by atoms with van der Waals surface area (Å²) in [4.78, 5) is 12.2. The number of rotatable bonds is 9. The number of nitrogens with zero attached hydrogens (tertiary/aromatic N) is 4. The number of nitrogens with two attached hydrogens (primary N) is 1. The van der Waals surface area contributed by atoms with Gasteiger partial charge < -0.3 is 16.0 Å². The second-order valence-corrected chi connectivity index (χ2v) is 9.76. The average Bonchev–Trinajstić information content (AvgIpc) is 2.91. The molecule has 3 aromatic rings. The van der Waals surface area contributed by atoms with Crippen molar-refractivity contribution in [3.8, 4) is 11.8 Å². The van der Waals surface area contributed by atoms with Crippen LogP contribution in [0.3, 0.4) is 0 Å². The van der Waals surface area contributed by atoms with Crippen LogP contribution in [0.25, 0.3) is 0 Å². The Labute approximate surface area is 235 Å². The number of hydrogen-bond donors (Lipinski definition) is 2. The Bertz CT molecular complexity index is 1390. The summed E-state index contributed by atoms with van der Waals surface area (Å²) >= 11 is 0. The molecular formula is C31H37F3N6. The van der Waals surface area contributed by atoms with Crippen molar-refractivity contribution < 1.29 is 13.2 Å². The number of guanidine groups is 1. The number of nitrogens with one attached hydrogen (secondary N) is 1. The van der Waals surface area contributed by atoms with Gasteiger partial charge in [0.2, 0.25) is 0 Å². The molecule has 1 heterocycles. The smallest absolute Gasteiger partial charge is 0.381 e. The van der Waals surface area contributed by atoms with E-state index in [0.29, 0.717) is 30.6 Å². The van der Waals surface area contributed by atoms with Crippen LogP contribution in [-0.2, 0) is 19.3 Å². The molecule has 0 fully saturated rings. The lowest BCUT2D eigenvalue weighted by atomic mass is 10.0. The van der Waals surface area contributed by atoms with Gasteiger partial charge in [-0.05, 0) is 73.5 Å². The van der Waals surface area contributed by atoms with Crippen LogP contribution >= 0.6 is 0 Å². The first-order valence-corrected chi connectivity index (χ1v) is 13.3. The number of hydrogen-bond acceptors (Lipinski definition) is 4. The topological polar surface area (TPSA) is 69.8 Å². The largest absolute Gasteiger partial charge is 0.416 e. The quantitative estimate of drug-likeness (QED) is 0.190. The summed E-state index contributed by atoms with van der Waals surface area (Å²) in [5, 5.41) is 3.15. The standard InChI is InChI=1S/C31H37F3N6/c1-6-16-40(7-2)21-26-12-13-27(19-28(26)31(32,33)34)37-20-24-9-8-22(3)25(17-24)11-10-23-14-15-36-29(18-23)38-30(35)39(4)5/h8-9,12-15,17-19,37H,6-7,16,20-21H2,1-5H3,(H2,35,36,38). The minimum absolute atomic E-state index is 0.272. The molecule has 3 N–H and O–H groups in total. The minimum atomic E-state index is -4.43. The molecule has 0 bridgehead atoms. The average molecular weight is 551 g/mol. The van der Waals surface area contributed by atoms with E-state index in [9.17, 15) is 13.2 Å². The van der Waals surface area contributed by atoms with Crippen molar-refractivity contribution in [2.24, 2.45) is 10.7 Å². The zero-order valence-electron chi connectivity index (χ0n) is 23.7. The molecule has 0 aliphatic heterocycles. The molecule has 0 aliphatic carbocycles. The van der Waals surface area contributed by atoms with Gasteiger partial charge in [-0.1, -0.05) is 43.9 Å². The maximum atomic E-state index is 13.9. The molecule has 0 atom stereocenters. The normalized spacial score (nSPS) is 11.8. The summed E-state index contributed by atoms with van der Waals surface area (Å²) in [5.74, 6) is 7.14. The number of benzene rings is 2. The van der Waals surface area contributed by atoms with Crippen molar-refractivity contribution in [1.82, 2.24) is 14.8 Å². The first kappa shape index (κ1) is 30.5. The number of anilines is 1. The van der Waals surface area contributed by atoms with Crippen LogP contribution < -0.4 is 11.1 Å². The maximum absolute atomic E-state index is 13.9. The summed E-state index contributed by atoms with van der Waals surface area (Å²) in [6, 6.07) is 13.9. The van der Waals surface area contributed by atoms with Gasteiger partial charge in [0.05, 0.1) is 5.56 Å². The highest BCUT2D eigenvalue weighted by molar-refractivity contribution is 5.80. The number of alkyl halides is 3. The van der Waals surface area contributed by atoms with Gasteiger partial charge in [-0.25, -0.2) is 4.98 Å². The number of aryl methyl sites for hydroxylation is 1. The van der Waals surface area contributed by atoms with E-state index in [0.717, 1.165) is 35.2 Å². The summed E-state index contributed by atoms with van der Waals surface area (Å²) in [6.07, 6.45) is -1.91. The fraction of sp³-hybridized carbons (Fsp3) is 0.355. The third-order valence-corrected chi connectivity index (χ3v) is 6.37. The van der Waals surface area contributed by atoms with Gasteiger partial charge in [0, 0.05) is 50.2 Å². The van der Waals surface area contributed by atoms with Crippen LogP contribution in [0, 0.1) is 18.8 Å². The Morgan fingerprint density at radius 2 is 1.82 bits per heavy atom. The Balaban J connectivity index is 1.77. The van der Waals surface area contributed by atoms with Crippen LogP contribution in [0.1, 0.15) is 53.6 Å². The third kappa shape index (κ3) is 8.75. The molecule has 0 unspecified atom stereocenters. The second-order valence-electron chi connectivity index (χ2n) is 9.76. The molecule has 0 amide bonds. The summed E-state index contributed by atoms with van der Waals surface area (Å²) in [5.41, 5.74) is 9.46. The first-order chi connectivity index (χ1) is 19.0. The minimum Gasteiger partial charge on any atom is -0.381 e. The Hall–Kier alpha value is -4.03. The Kier molecular flexibility index (Phi) is 10.6. The summed E-state index contributed by atoms with van der Waals surface area (Å²) in [6.45, 7) is 8.04. The van der Waals surface area contributed by atoms with E-state index < -0.39 is 11.7 Å². The number of aliphatic imine (C=N–C) groups is 1. The maximum Gasteiger partial charge on any atom is 0.416 e. The first-order valence-electron chi connectivity index (χ1n) is 13.3. The highest BCUT2D eigenvalue weighted by atomic mass is 19.4. The number of halogens is 3. The number of aromatic nitrogens is 1. The summed E-state index contributed by atoms with van der Waals surface area (Å²) < 4.78 is 41.7. The van der Waals surface area contributed by atoms with Crippen LogP contribution in [0.15, 0.2) is 59.7 Å². The highest BCUT2D eigenvalue weighted by Crippen LogP contribution is 2.34. The van der Waals surface area contributed by atoms with Crippen LogP contribution in [0.2, 0.25) is 0 Å². The lowest BCUT2D eigenvalue weighted by Crippen LogP contribution is -2.29. The van der Waals surface area contributed by atoms with Gasteiger partial charge in [-0.2, -0.15) is 18.2 Å². The predicted molar refractivity (Wildman–Crippen MR) is 156 cm³/mol. The molecule has 0 saturated heterocycles. The molecule has 3 rings (SSSR count). The van der Waals surface area contributed by atoms with Crippen LogP contribution in [-0.4, -0.2) is 47.9 Å². The fourth-order valence-electron chi connectivity index (χ4n) is 4.03. The van der Waals surface area contributed by atoms with Crippen molar-refractivity contribution in [1.29, 1.82) is 0 Å². The molecular weight excluding hydrogens is 513 g/mol. The van der Waals surface area contributed by atoms with Gasteiger partial charge in [0.15, 0.2) is 11.8 Å². The summed E-state index contributed by atoms with van der Waals surface area (Å²) in [7, 11) is 3.60. The van der Waals surface area contributed by atoms with Crippen LogP contribution in [0.5, 0.6) is 0 Å². The van der Waals surface area contributed by atoms with E-state index in [1.165, 1.54) is 6.07 Å². The zero-order valence-corrected chi connectivity index (χ0v) is 23.7. The molecule has 0 aliphatic rings. The lowest BCUT2D eigenvalue weighted by molar-refractivity contribution is -0.138. The monoisotopic (exact) mass is 550 g/mol. The zero-order chi connectivity index (χ0) is 29.3. The highest BCUT2D eigenvalue weighted by Gasteiger charge is 2.33. The third-order valence-electron chi connectivity index (χ3n) is 6.37. The van der Waals surface area contributed by atoms with Crippen molar-refractivity contribution >= 4 is 17.5 Å². The van der Waals surface area contributed by atoms with Crippen molar-refractivity contribution in [3.05, 3.63) is 88.1 Å². The second kappa shape index (κ2) is 13.9. The van der Waals surface area contributed by atoms with Gasteiger partial charge in [-0.3, -0.25) is 4.90 Å². The van der Waals surface area contributed by atoms with Crippen molar-refractivity contribution in [3.63, 3.8) is 0 Å². The molecule has 0 saturated carbocycles. The molecule has 0 spiro atoms. The predicted octanol–water partition coefficient (Wildman–Crippen LogP) is 6.16. The van der Waals surface area contributed by atoms with E-state index in [1.54, 1.807) is 49.5 Å². The molecule has 9 heteroatoms. The molecule has 1 aromatic heterocycles. The van der Waals surface area contributed by atoms with Gasteiger partial charge >= 0.3 is 6.18 Å². The van der Waals surface area contributed by atoms with Gasteiger partial charge in [0.25, 0.3) is 0 Å². The molecule has 2 aromatic carbocycles. The van der Waals surface area contributed by atoms with Crippen molar-refractivity contribution in [2.75, 3.05) is 32.5 Å². The molecule has 6 nitrogen and oxygen atoms in total. The molecule has 40 heavy (non-hydrogen) atoms. The van der Waals surface area contributed by atoms with E-state index in [2.05, 4.69) is 27.1 Å². The van der Waals surface area contributed by atoms with E-state index in [-0.39, 0.29) is 12.1 Å². The Morgan fingerprint density at radius 1 is 1.05 bits per heavy atom. The SMILES string of the molecule is CCCN(CC)Cc1ccc(NCc2ccc(C)c(C#Cc3ccnc(N=C(N)N(C)C)c3)c2)cc1C(F)(F)F. The van der Waals surface area contributed by atoms with Crippen molar-refractivity contribution in [2.45, 2.75) is 46.5 Å². The van der Waals surface area contributed by atoms with Gasteiger partial charge in [-0.15, -0.1) is 0 Å².